The molecule has 1 fully saturated rings. The Kier molecular flexibility index (Phi) is 3.35. The maximum Gasteiger partial charge on any atom is 0.129 e. The zero-order chi connectivity index (χ0) is 12.5. The number of nitrogens with zero attached hydrogens (tertiary/aromatic N) is 1. The summed E-state index contributed by atoms with van der Waals surface area (Å²) in [6, 6.07) is 4.87. The van der Waals surface area contributed by atoms with Gasteiger partial charge in [0.1, 0.15) is 5.82 Å². The molecule has 0 spiro atoms. The second kappa shape index (κ2) is 4.63. The van der Waals surface area contributed by atoms with Crippen LogP contribution in [0.15, 0.2) is 18.2 Å². The van der Waals surface area contributed by atoms with Crippen molar-refractivity contribution in [3.05, 3.63) is 29.6 Å². The summed E-state index contributed by atoms with van der Waals surface area (Å²) in [5, 5.41) is 0. The fourth-order valence-electron chi connectivity index (χ4n) is 2.18. The molecule has 0 aliphatic carbocycles. The molecule has 1 aliphatic rings. The third kappa shape index (κ3) is 3.17. The molecule has 2 rings (SSSR count). The zero-order valence-corrected chi connectivity index (χ0v) is 10.4. The highest BCUT2D eigenvalue weighted by Gasteiger charge is 2.27. The number of anilines is 1. The lowest BCUT2D eigenvalue weighted by Crippen LogP contribution is -2.47. The molecule has 0 aromatic heterocycles. The van der Waals surface area contributed by atoms with Crippen LogP contribution < -0.4 is 5.73 Å². The number of benzene rings is 1. The number of morpholine rings is 1. The average molecular weight is 238 g/mol. The molecule has 4 heteroatoms. The van der Waals surface area contributed by atoms with Crippen LogP contribution in [0.5, 0.6) is 0 Å². The molecule has 94 valence electrons. The molecular weight excluding hydrogens is 219 g/mol. The Morgan fingerprint density at radius 1 is 1.47 bits per heavy atom. The fourth-order valence-corrected chi connectivity index (χ4v) is 2.18. The molecule has 0 bridgehead atoms. The van der Waals surface area contributed by atoms with E-state index in [0.29, 0.717) is 24.4 Å². The number of hydrogen-bond acceptors (Lipinski definition) is 3. The van der Waals surface area contributed by atoms with Crippen molar-refractivity contribution in [1.29, 1.82) is 0 Å². The molecule has 1 heterocycles. The van der Waals surface area contributed by atoms with Gasteiger partial charge in [-0.25, -0.2) is 4.39 Å². The lowest BCUT2D eigenvalue weighted by atomic mass is 10.1. The molecule has 17 heavy (non-hydrogen) atoms. The zero-order valence-electron chi connectivity index (χ0n) is 10.4. The minimum atomic E-state index is -0.228. The molecule has 0 saturated carbocycles. The summed E-state index contributed by atoms with van der Waals surface area (Å²) in [5.74, 6) is -0.228. The van der Waals surface area contributed by atoms with E-state index in [-0.39, 0.29) is 11.4 Å². The van der Waals surface area contributed by atoms with E-state index in [1.165, 1.54) is 6.07 Å². The van der Waals surface area contributed by atoms with Gasteiger partial charge in [-0.2, -0.15) is 0 Å². The van der Waals surface area contributed by atoms with Crippen molar-refractivity contribution in [3.63, 3.8) is 0 Å². The van der Waals surface area contributed by atoms with Crippen molar-refractivity contribution in [2.24, 2.45) is 0 Å². The van der Waals surface area contributed by atoms with Crippen molar-refractivity contribution in [1.82, 2.24) is 4.90 Å². The smallest absolute Gasteiger partial charge is 0.129 e. The molecule has 1 aromatic carbocycles. The second-order valence-electron chi connectivity index (χ2n) is 5.17. The standard InChI is InChI=1S/C13H19FN2O/c1-13(2)9-16(5-6-17-13)8-10-3-4-11(15)7-12(10)14/h3-4,7H,5-6,8-9,15H2,1-2H3. The van der Waals surface area contributed by atoms with Gasteiger partial charge >= 0.3 is 0 Å². The summed E-state index contributed by atoms with van der Waals surface area (Å²) in [5.41, 5.74) is 6.54. The Balaban J connectivity index is 2.05. The number of hydrogen-bond donors (Lipinski definition) is 1. The minimum Gasteiger partial charge on any atom is -0.399 e. The second-order valence-corrected chi connectivity index (χ2v) is 5.17. The molecule has 0 amide bonds. The SMILES string of the molecule is CC1(C)CN(Cc2ccc(N)cc2F)CCO1. The fraction of sp³-hybridized carbons (Fsp3) is 0.538. The third-order valence-electron chi connectivity index (χ3n) is 2.98. The Labute approximate surface area is 101 Å². The molecule has 0 unspecified atom stereocenters. The van der Waals surface area contributed by atoms with Crippen molar-refractivity contribution in [2.45, 2.75) is 26.0 Å². The summed E-state index contributed by atoms with van der Waals surface area (Å²) < 4.78 is 19.3. The van der Waals surface area contributed by atoms with E-state index in [1.54, 1.807) is 12.1 Å². The molecule has 2 N–H and O–H groups in total. The van der Waals surface area contributed by atoms with E-state index in [2.05, 4.69) is 18.7 Å². The monoisotopic (exact) mass is 238 g/mol. The van der Waals surface area contributed by atoms with E-state index in [0.717, 1.165) is 13.1 Å². The molecule has 0 atom stereocenters. The molecule has 1 saturated heterocycles. The topological polar surface area (TPSA) is 38.5 Å². The van der Waals surface area contributed by atoms with Crippen molar-refractivity contribution >= 4 is 5.69 Å². The maximum atomic E-state index is 13.7. The highest BCUT2D eigenvalue weighted by Crippen LogP contribution is 2.20. The Bertz CT molecular complexity index is 406. The van der Waals surface area contributed by atoms with Gasteiger partial charge in [-0.1, -0.05) is 6.07 Å². The van der Waals surface area contributed by atoms with Crippen LogP contribution in [0.1, 0.15) is 19.4 Å². The third-order valence-corrected chi connectivity index (χ3v) is 2.98. The van der Waals surface area contributed by atoms with E-state index in [9.17, 15) is 4.39 Å². The maximum absolute atomic E-state index is 13.7. The molecule has 3 nitrogen and oxygen atoms in total. The van der Waals surface area contributed by atoms with Crippen LogP contribution in [-0.4, -0.2) is 30.2 Å². The van der Waals surface area contributed by atoms with E-state index >= 15 is 0 Å². The van der Waals surface area contributed by atoms with E-state index < -0.39 is 0 Å². The normalized spacial score (nSPS) is 20.4. The molecule has 1 aliphatic heterocycles. The van der Waals surface area contributed by atoms with Gasteiger partial charge in [0, 0.05) is 30.9 Å². The van der Waals surface area contributed by atoms with Gasteiger partial charge in [-0.15, -0.1) is 0 Å². The summed E-state index contributed by atoms with van der Waals surface area (Å²) in [7, 11) is 0. The van der Waals surface area contributed by atoms with E-state index in [1.807, 2.05) is 0 Å². The number of nitrogens with two attached hydrogens (primary N) is 1. The molecular formula is C13H19FN2O. The van der Waals surface area contributed by atoms with Crippen LogP contribution >= 0.6 is 0 Å². The van der Waals surface area contributed by atoms with Gasteiger partial charge in [0.2, 0.25) is 0 Å². The Hall–Kier alpha value is -1.13. The average Bonchev–Trinajstić information content (AvgIpc) is 2.21. The molecule has 1 aromatic rings. The Morgan fingerprint density at radius 3 is 2.88 bits per heavy atom. The highest BCUT2D eigenvalue weighted by molar-refractivity contribution is 5.40. The summed E-state index contributed by atoms with van der Waals surface area (Å²) in [4.78, 5) is 2.21. The molecule has 0 radical (unpaired) electrons. The van der Waals surface area contributed by atoms with Crippen molar-refractivity contribution in [2.75, 3.05) is 25.4 Å². The largest absolute Gasteiger partial charge is 0.399 e. The predicted octanol–water partition coefficient (Wildman–Crippen LogP) is 2.02. The summed E-state index contributed by atoms with van der Waals surface area (Å²) >= 11 is 0. The first-order valence-electron chi connectivity index (χ1n) is 5.86. The first kappa shape index (κ1) is 12.3. The van der Waals surface area contributed by atoms with Gasteiger partial charge in [-0.3, -0.25) is 4.90 Å². The first-order valence-corrected chi connectivity index (χ1v) is 5.86. The quantitative estimate of drug-likeness (QED) is 0.801. The number of nitrogen functional groups attached to an aromatic ring is 1. The minimum absolute atomic E-state index is 0.150. The van der Waals surface area contributed by atoms with Crippen LogP contribution in [0.2, 0.25) is 0 Å². The van der Waals surface area contributed by atoms with Crippen LogP contribution in [0.3, 0.4) is 0 Å². The van der Waals surface area contributed by atoms with Crippen LogP contribution in [-0.2, 0) is 11.3 Å². The van der Waals surface area contributed by atoms with Gasteiger partial charge in [0.05, 0.1) is 12.2 Å². The van der Waals surface area contributed by atoms with Crippen LogP contribution in [0.25, 0.3) is 0 Å². The predicted molar refractivity (Wildman–Crippen MR) is 66.1 cm³/mol. The van der Waals surface area contributed by atoms with E-state index in [4.69, 9.17) is 10.5 Å². The van der Waals surface area contributed by atoms with Crippen molar-refractivity contribution in [3.8, 4) is 0 Å². The lowest BCUT2D eigenvalue weighted by molar-refractivity contribution is -0.0884. The summed E-state index contributed by atoms with van der Waals surface area (Å²) in [6.07, 6.45) is 0. The van der Waals surface area contributed by atoms with Crippen LogP contribution in [0.4, 0.5) is 10.1 Å². The highest BCUT2D eigenvalue weighted by atomic mass is 19.1. The van der Waals surface area contributed by atoms with Gasteiger partial charge in [0.15, 0.2) is 0 Å². The summed E-state index contributed by atoms with van der Waals surface area (Å²) in [6.45, 7) is 7.07. The number of halogens is 1. The van der Waals surface area contributed by atoms with Gasteiger partial charge in [-0.05, 0) is 26.0 Å². The first-order chi connectivity index (χ1) is 7.96. The van der Waals surface area contributed by atoms with Gasteiger partial charge < -0.3 is 10.5 Å². The van der Waals surface area contributed by atoms with Gasteiger partial charge in [0.25, 0.3) is 0 Å². The Morgan fingerprint density at radius 2 is 2.24 bits per heavy atom. The number of ether oxygens (including phenoxy) is 1. The lowest BCUT2D eigenvalue weighted by Gasteiger charge is -2.38. The number of rotatable bonds is 2. The van der Waals surface area contributed by atoms with Crippen molar-refractivity contribution < 1.29 is 9.13 Å². The van der Waals surface area contributed by atoms with Crippen LogP contribution in [0, 0.1) is 5.82 Å².